The molecule has 0 aromatic heterocycles. The summed E-state index contributed by atoms with van der Waals surface area (Å²) >= 11 is 0. The van der Waals surface area contributed by atoms with Crippen molar-refractivity contribution < 1.29 is 4.79 Å². The van der Waals surface area contributed by atoms with Gasteiger partial charge in [-0.05, 0) is 13.0 Å². The average Bonchev–Trinajstić information content (AvgIpc) is 2.05. The Morgan fingerprint density at radius 2 is 2.60 bits per heavy atom. The van der Waals surface area contributed by atoms with E-state index >= 15 is 0 Å². The minimum atomic E-state index is -0.307. The number of amides is 1. The predicted molar refractivity (Wildman–Crippen MR) is 37.5 cm³/mol. The molecular weight excluding hydrogens is 130 g/mol. The summed E-state index contributed by atoms with van der Waals surface area (Å²) in [6, 6.07) is 0. The van der Waals surface area contributed by atoms with E-state index in [1.165, 1.54) is 0 Å². The number of carbonyl (C=O) groups excluding carboxylic acids is 1. The van der Waals surface area contributed by atoms with Crippen molar-refractivity contribution in [1.82, 2.24) is 16.0 Å². The molecule has 1 fully saturated rings. The molecule has 57 valence electrons. The number of rotatable bonds is 1. The van der Waals surface area contributed by atoms with E-state index in [1.54, 1.807) is 7.05 Å². The highest BCUT2D eigenvalue weighted by Crippen LogP contribution is 1.89. The number of hydrogen-bond acceptors (Lipinski definition) is 2. The molecule has 1 heterocycles. The van der Waals surface area contributed by atoms with Crippen LogP contribution < -0.4 is 16.0 Å². The molecule has 1 unspecified atom stereocenters. The number of hydrogen-bond donors (Lipinski definition) is 2. The van der Waals surface area contributed by atoms with Gasteiger partial charge in [0.1, 0.15) is 0 Å². The van der Waals surface area contributed by atoms with Gasteiger partial charge in [0.05, 0.1) is 0 Å². The summed E-state index contributed by atoms with van der Waals surface area (Å²) in [4.78, 5) is 10.9. The first kappa shape index (κ1) is 7.50. The number of nitrogens with one attached hydrogen (secondary N) is 2. The molecule has 0 bridgehead atoms. The highest BCUT2D eigenvalue weighted by Gasteiger charge is 2.18. The van der Waals surface area contributed by atoms with Crippen LogP contribution in [0.5, 0.6) is 0 Å². The van der Waals surface area contributed by atoms with E-state index < -0.39 is 0 Å². The second kappa shape index (κ2) is 3.53. The number of likely N-dealkylation sites (N-methyl/N-ethyl adjacent to an activating group) is 1. The molecule has 1 saturated heterocycles. The van der Waals surface area contributed by atoms with Crippen molar-refractivity contribution in [3.8, 4) is 0 Å². The van der Waals surface area contributed by atoms with Gasteiger partial charge in [0, 0.05) is 13.6 Å². The van der Waals surface area contributed by atoms with Crippen molar-refractivity contribution in [3.05, 3.63) is 0 Å². The van der Waals surface area contributed by atoms with E-state index in [4.69, 9.17) is 0 Å². The molecule has 0 aliphatic carbocycles. The minimum absolute atomic E-state index is 0.0419. The normalized spacial score (nSPS) is 20.5. The third kappa shape index (κ3) is 1.68. The monoisotopic (exact) mass is 142 g/mol. The zero-order valence-corrected chi connectivity index (χ0v) is 6.05. The predicted octanol–water partition coefficient (Wildman–Crippen LogP) is -1.34. The Morgan fingerprint density at radius 1 is 1.80 bits per heavy atom. The third-order valence-electron chi connectivity index (χ3n) is 1.48. The van der Waals surface area contributed by atoms with E-state index in [9.17, 15) is 4.79 Å². The molecule has 0 aromatic carbocycles. The van der Waals surface area contributed by atoms with Gasteiger partial charge in [0.2, 0.25) is 0 Å². The molecule has 1 amide bonds. The van der Waals surface area contributed by atoms with Crippen LogP contribution in [0.1, 0.15) is 6.42 Å². The van der Waals surface area contributed by atoms with E-state index in [2.05, 4.69) is 16.0 Å². The molecule has 0 aromatic rings. The number of nitrogens with zero attached hydrogens (tertiary/aromatic N) is 1. The van der Waals surface area contributed by atoms with Gasteiger partial charge in [-0.3, -0.25) is 10.1 Å². The van der Waals surface area contributed by atoms with Gasteiger partial charge in [-0.15, -0.1) is 0 Å². The summed E-state index contributed by atoms with van der Waals surface area (Å²) in [5.41, 5.74) is 0. The van der Waals surface area contributed by atoms with Gasteiger partial charge < -0.3 is 5.32 Å². The van der Waals surface area contributed by atoms with Gasteiger partial charge in [0.15, 0.2) is 6.17 Å². The smallest absolute Gasteiger partial charge is 0.253 e. The first-order valence-corrected chi connectivity index (χ1v) is 3.46. The molecule has 1 atom stereocenters. The molecule has 2 N–H and O–H groups in total. The molecule has 10 heavy (non-hydrogen) atoms. The highest BCUT2D eigenvalue weighted by molar-refractivity contribution is 5.80. The first-order chi connectivity index (χ1) is 4.84. The zero-order chi connectivity index (χ0) is 7.40. The van der Waals surface area contributed by atoms with Crippen molar-refractivity contribution >= 4 is 5.91 Å². The fourth-order valence-electron chi connectivity index (χ4n) is 0.915. The van der Waals surface area contributed by atoms with E-state index in [0.29, 0.717) is 0 Å². The SMILES string of the molecule is CNC(=O)C1[N]CCCN1. The Morgan fingerprint density at radius 3 is 3.10 bits per heavy atom. The van der Waals surface area contributed by atoms with E-state index in [1.807, 2.05) is 0 Å². The van der Waals surface area contributed by atoms with Crippen LogP contribution in [0.25, 0.3) is 0 Å². The van der Waals surface area contributed by atoms with Gasteiger partial charge in [-0.25, -0.2) is 5.32 Å². The molecule has 4 heteroatoms. The van der Waals surface area contributed by atoms with Crippen LogP contribution in [-0.2, 0) is 4.79 Å². The Kier molecular flexibility index (Phi) is 2.65. The summed E-state index contributed by atoms with van der Waals surface area (Å²) in [5.74, 6) is -0.0419. The van der Waals surface area contributed by atoms with Crippen molar-refractivity contribution in [2.75, 3.05) is 20.1 Å². The lowest BCUT2D eigenvalue weighted by atomic mass is 10.3. The molecule has 1 rings (SSSR count). The molecule has 1 radical (unpaired) electrons. The van der Waals surface area contributed by atoms with Crippen molar-refractivity contribution in [2.45, 2.75) is 12.6 Å². The van der Waals surface area contributed by atoms with Gasteiger partial charge in [-0.2, -0.15) is 0 Å². The quantitative estimate of drug-likeness (QED) is 0.476. The summed E-state index contributed by atoms with van der Waals surface area (Å²) in [6.07, 6.45) is 0.728. The Hall–Kier alpha value is -0.610. The Balaban J connectivity index is 2.31. The summed E-state index contributed by atoms with van der Waals surface area (Å²) in [5, 5.41) is 9.61. The Labute approximate surface area is 60.4 Å². The van der Waals surface area contributed by atoms with Gasteiger partial charge in [0.25, 0.3) is 5.91 Å². The summed E-state index contributed by atoms with van der Waals surface area (Å²) in [7, 11) is 1.62. The van der Waals surface area contributed by atoms with Crippen LogP contribution in [0.3, 0.4) is 0 Å². The van der Waals surface area contributed by atoms with Crippen molar-refractivity contribution in [2.24, 2.45) is 0 Å². The highest BCUT2D eigenvalue weighted by atomic mass is 16.2. The fourth-order valence-corrected chi connectivity index (χ4v) is 0.915. The minimum Gasteiger partial charge on any atom is -0.357 e. The molecule has 1 aliphatic heterocycles. The second-order valence-corrected chi connectivity index (χ2v) is 2.23. The van der Waals surface area contributed by atoms with Crippen molar-refractivity contribution in [3.63, 3.8) is 0 Å². The van der Waals surface area contributed by atoms with Gasteiger partial charge >= 0.3 is 0 Å². The largest absolute Gasteiger partial charge is 0.357 e. The average molecular weight is 142 g/mol. The summed E-state index contributed by atoms with van der Waals surface area (Å²) < 4.78 is 0. The van der Waals surface area contributed by atoms with Crippen LogP contribution in [-0.4, -0.2) is 32.2 Å². The third-order valence-corrected chi connectivity index (χ3v) is 1.48. The maximum atomic E-state index is 10.9. The van der Waals surface area contributed by atoms with Crippen LogP contribution in [0.15, 0.2) is 0 Å². The van der Waals surface area contributed by atoms with Crippen molar-refractivity contribution in [1.29, 1.82) is 0 Å². The van der Waals surface area contributed by atoms with E-state index in [-0.39, 0.29) is 12.1 Å². The molecule has 0 spiro atoms. The summed E-state index contributed by atoms with van der Waals surface area (Å²) in [6.45, 7) is 1.69. The Bertz CT molecular complexity index is 120. The van der Waals surface area contributed by atoms with E-state index in [0.717, 1.165) is 19.5 Å². The lowest BCUT2D eigenvalue weighted by Crippen LogP contribution is -2.52. The lowest BCUT2D eigenvalue weighted by molar-refractivity contribution is -0.123. The maximum Gasteiger partial charge on any atom is 0.253 e. The second-order valence-electron chi connectivity index (χ2n) is 2.23. The lowest BCUT2D eigenvalue weighted by Gasteiger charge is -2.21. The molecular formula is C6H12N3O. The first-order valence-electron chi connectivity index (χ1n) is 3.46. The van der Waals surface area contributed by atoms with Crippen LogP contribution in [0.4, 0.5) is 0 Å². The van der Waals surface area contributed by atoms with Crippen LogP contribution in [0, 0.1) is 0 Å². The standard InChI is InChI=1S/C6H12N3O/c1-7-6(10)5-8-3-2-4-9-5/h5,8H,2-4H2,1H3,(H,7,10). The topological polar surface area (TPSA) is 55.2 Å². The van der Waals surface area contributed by atoms with Crippen LogP contribution >= 0.6 is 0 Å². The molecule has 4 nitrogen and oxygen atoms in total. The van der Waals surface area contributed by atoms with Gasteiger partial charge in [-0.1, -0.05) is 0 Å². The maximum absolute atomic E-state index is 10.9. The molecule has 0 saturated carbocycles. The molecule has 1 aliphatic rings. The fraction of sp³-hybridized carbons (Fsp3) is 0.833. The zero-order valence-electron chi connectivity index (χ0n) is 6.05. The van der Waals surface area contributed by atoms with Crippen LogP contribution in [0.2, 0.25) is 0 Å². The number of carbonyl (C=O) groups is 1.